The third-order valence-electron chi connectivity index (χ3n) is 3.47. The van der Waals surface area contributed by atoms with Gasteiger partial charge in [-0.2, -0.15) is 0 Å². The third-order valence-corrected chi connectivity index (χ3v) is 4.86. The highest BCUT2D eigenvalue weighted by atomic mass is 32.2. The Morgan fingerprint density at radius 1 is 1.08 bits per heavy atom. The molecule has 0 atom stereocenters. The van der Waals surface area contributed by atoms with Crippen LogP contribution >= 0.6 is 0 Å². The standard InChI is InChI=1S/C17H15FN2O3S/c18-13-4-6-14(7-5-13)24(21,22)20-16-10-12(11-19)3-8-15(16)17-2-1-9-23-17/h1-10,20H,11,19H2. The topological polar surface area (TPSA) is 85.3 Å². The Morgan fingerprint density at radius 3 is 2.46 bits per heavy atom. The molecule has 0 aliphatic heterocycles. The lowest BCUT2D eigenvalue weighted by Crippen LogP contribution is -2.14. The first-order valence-electron chi connectivity index (χ1n) is 7.15. The van der Waals surface area contributed by atoms with Crippen molar-refractivity contribution in [3.8, 4) is 11.3 Å². The summed E-state index contributed by atoms with van der Waals surface area (Å²) in [5.74, 6) is 0.0192. The van der Waals surface area contributed by atoms with Gasteiger partial charge < -0.3 is 10.2 Å². The van der Waals surface area contributed by atoms with E-state index in [9.17, 15) is 12.8 Å². The molecule has 1 heterocycles. The molecule has 0 aliphatic carbocycles. The maximum absolute atomic E-state index is 13.0. The lowest BCUT2D eigenvalue weighted by atomic mass is 10.1. The molecule has 0 unspecified atom stereocenters. The number of rotatable bonds is 5. The van der Waals surface area contributed by atoms with Gasteiger partial charge in [-0.1, -0.05) is 6.07 Å². The van der Waals surface area contributed by atoms with Crippen molar-refractivity contribution in [2.45, 2.75) is 11.4 Å². The normalized spacial score (nSPS) is 11.4. The van der Waals surface area contributed by atoms with Gasteiger partial charge in [-0.3, -0.25) is 4.72 Å². The summed E-state index contributed by atoms with van der Waals surface area (Å²) in [5, 5.41) is 0. The molecule has 5 nitrogen and oxygen atoms in total. The second-order valence-corrected chi connectivity index (χ2v) is 6.80. The van der Waals surface area contributed by atoms with E-state index in [4.69, 9.17) is 10.2 Å². The molecule has 0 aliphatic rings. The van der Waals surface area contributed by atoms with Gasteiger partial charge in [0.1, 0.15) is 11.6 Å². The number of hydrogen-bond acceptors (Lipinski definition) is 4. The van der Waals surface area contributed by atoms with Crippen LogP contribution in [0.4, 0.5) is 10.1 Å². The fraction of sp³-hybridized carbons (Fsp3) is 0.0588. The van der Waals surface area contributed by atoms with Crippen LogP contribution in [0.15, 0.2) is 70.2 Å². The van der Waals surface area contributed by atoms with Crippen molar-refractivity contribution >= 4 is 15.7 Å². The van der Waals surface area contributed by atoms with E-state index in [1.54, 1.807) is 30.3 Å². The Morgan fingerprint density at radius 2 is 1.83 bits per heavy atom. The first-order chi connectivity index (χ1) is 11.5. The third kappa shape index (κ3) is 3.32. The van der Waals surface area contributed by atoms with Gasteiger partial charge in [-0.25, -0.2) is 12.8 Å². The van der Waals surface area contributed by atoms with Gasteiger partial charge in [-0.15, -0.1) is 0 Å². The van der Waals surface area contributed by atoms with Crippen LogP contribution < -0.4 is 10.5 Å². The van der Waals surface area contributed by atoms with E-state index >= 15 is 0 Å². The molecule has 3 rings (SSSR count). The average molecular weight is 346 g/mol. The molecule has 0 fully saturated rings. The quantitative estimate of drug-likeness (QED) is 0.742. The molecule has 0 saturated heterocycles. The van der Waals surface area contributed by atoms with Crippen LogP contribution in [0, 0.1) is 5.82 Å². The fourth-order valence-electron chi connectivity index (χ4n) is 2.27. The molecule has 124 valence electrons. The van der Waals surface area contributed by atoms with E-state index < -0.39 is 15.8 Å². The van der Waals surface area contributed by atoms with Crippen LogP contribution in [-0.2, 0) is 16.6 Å². The van der Waals surface area contributed by atoms with Crippen LogP contribution in [-0.4, -0.2) is 8.42 Å². The van der Waals surface area contributed by atoms with Crippen molar-refractivity contribution in [2.24, 2.45) is 5.73 Å². The van der Waals surface area contributed by atoms with Crippen LogP contribution in [0.3, 0.4) is 0 Å². The largest absolute Gasteiger partial charge is 0.464 e. The molecule has 0 saturated carbocycles. The van der Waals surface area contributed by atoms with E-state index in [0.717, 1.165) is 17.7 Å². The number of halogens is 1. The van der Waals surface area contributed by atoms with E-state index in [1.807, 2.05) is 0 Å². The van der Waals surface area contributed by atoms with Crippen molar-refractivity contribution in [3.05, 3.63) is 72.2 Å². The summed E-state index contributed by atoms with van der Waals surface area (Å²) in [7, 11) is -3.87. The first-order valence-corrected chi connectivity index (χ1v) is 8.63. The molecule has 7 heteroatoms. The van der Waals surface area contributed by atoms with Crippen LogP contribution in [0.1, 0.15) is 5.56 Å². The van der Waals surface area contributed by atoms with Crippen molar-refractivity contribution in [1.82, 2.24) is 0 Å². The SMILES string of the molecule is NCc1ccc(-c2ccco2)c(NS(=O)(=O)c2ccc(F)cc2)c1. The molecule has 1 aromatic heterocycles. The Hall–Kier alpha value is -2.64. The molecule has 3 aromatic rings. The summed E-state index contributed by atoms with van der Waals surface area (Å²) in [5.41, 5.74) is 7.33. The predicted molar refractivity (Wildman–Crippen MR) is 89.2 cm³/mol. The van der Waals surface area contributed by atoms with Gasteiger partial charge in [0.05, 0.1) is 16.8 Å². The fourth-order valence-corrected chi connectivity index (χ4v) is 3.34. The predicted octanol–water partition coefficient (Wildman–Crippen LogP) is 3.35. The smallest absolute Gasteiger partial charge is 0.261 e. The van der Waals surface area contributed by atoms with Gasteiger partial charge in [0.15, 0.2) is 0 Å². The number of anilines is 1. The molecule has 0 amide bonds. The van der Waals surface area contributed by atoms with E-state index in [2.05, 4.69) is 4.72 Å². The second kappa shape index (κ2) is 6.46. The van der Waals surface area contributed by atoms with Crippen molar-refractivity contribution < 1.29 is 17.2 Å². The minimum atomic E-state index is -3.87. The number of nitrogens with two attached hydrogens (primary N) is 1. The van der Waals surface area contributed by atoms with E-state index in [0.29, 0.717) is 17.0 Å². The lowest BCUT2D eigenvalue weighted by molar-refractivity contribution is 0.582. The van der Waals surface area contributed by atoms with Crippen molar-refractivity contribution in [1.29, 1.82) is 0 Å². The number of hydrogen-bond donors (Lipinski definition) is 2. The molecule has 0 bridgehead atoms. The second-order valence-electron chi connectivity index (χ2n) is 5.12. The van der Waals surface area contributed by atoms with Gasteiger partial charge in [-0.05, 0) is 54.1 Å². The first kappa shape index (κ1) is 16.2. The number of furan rings is 1. The molecular weight excluding hydrogens is 331 g/mol. The highest BCUT2D eigenvalue weighted by Crippen LogP contribution is 2.31. The monoisotopic (exact) mass is 346 g/mol. The molecular formula is C17H15FN2O3S. The van der Waals surface area contributed by atoms with Crippen LogP contribution in [0.25, 0.3) is 11.3 Å². The summed E-state index contributed by atoms with van der Waals surface area (Å²) in [4.78, 5) is -0.0348. The average Bonchev–Trinajstić information content (AvgIpc) is 3.09. The van der Waals surface area contributed by atoms with Gasteiger partial charge >= 0.3 is 0 Å². The Bertz CT molecular complexity index is 936. The summed E-state index contributed by atoms with van der Waals surface area (Å²) >= 11 is 0. The van der Waals surface area contributed by atoms with Crippen LogP contribution in [0.5, 0.6) is 0 Å². The number of sulfonamides is 1. The Labute approximate surface area is 139 Å². The van der Waals surface area contributed by atoms with E-state index in [1.165, 1.54) is 18.4 Å². The minimum Gasteiger partial charge on any atom is -0.464 e. The summed E-state index contributed by atoms with van der Waals surface area (Å²) in [6.45, 7) is 0.268. The number of nitrogens with one attached hydrogen (secondary N) is 1. The van der Waals surface area contributed by atoms with Gasteiger partial charge in [0.2, 0.25) is 0 Å². The molecule has 2 aromatic carbocycles. The van der Waals surface area contributed by atoms with Crippen molar-refractivity contribution in [2.75, 3.05) is 4.72 Å². The zero-order chi connectivity index (χ0) is 17.2. The summed E-state index contributed by atoms with van der Waals surface area (Å²) in [6, 6.07) is 13.2. The highest BCUT2D eigenvalue weighted by molar-refractivity contribution is 7.92. The maximum Gasteiger partial charge on any atom is 0.261 e. The zero-order valence-corrected chi connectivity index (χ0v) is 13.4. The molecule has 3 N–H and O–H groups in total. The zero-order valence-electron chi connectivity index (χ0n) is 12.6. The summed E-state index contributed by atoms with van der Waals surface area (Å²) in [6.07, 6.45) is 1.50. The van der Waals surface area contributed by atoms with Gasteiger partial charge in [0, 0.05) is 12.1 Å². The summed E-state index contributed by atoms with van der Waals surface area (Å²) < 4.78 is 46.0. The molecule has 24 heavy (non-hydrogen) atoms. The highest BCUT2D eigenvalue weighted by Gasteiger charge is 2.18. The molecule has 0 spiro atoms. The maximum atomic E-state index is 13.0. The van der Waals surface area contributed by atoms with E-state index in [-0.39, 0.29) is 11.4 Å². The molecule has 0 radical (unpaired) electrons. The number of benzene rings is 2. The lowest BCUT2D eigenvalue weighted by Gasteiger charge is -2.13. The minimum absolute atomic E-state index is 0.0348. The van der Waals surface area contributed by atoms with Gasteiger partial charge in [0.25, 0.3) is 10.0 Å². The Balaban J connectivity index is 2.03. The Kier molecular flexibility index (Phi) is 4.37. The van der Waals surface area contributed by atoms with Crippen molar-refractivity contribution in [3.63, 3.8) is 0 Å². The van der Waals surface area contributed by atoms with Crippen LogP contribution in [0.2, 0.25) is 0 Å².